The summed E-state index contributed by atoms with van der Waals surface area (Å²) in [6.07, 6.45) is 0. The van der Waals surface area contributed by atoms with Gasteiger partial charge in [-0.05, 0) is 54.6 Å². The van der Waals surface area contributed by atoms with Gasteiger partial charge in [0.15, 0.2) is 5.76 Å². The molecule has 28 heavy (non-hydrogen) atoms. The van der Waals surface area contributed by atoms with Crippen LogP contribution in [-0.2, 0) is 6.61 Å². The molecule has 0 saturated heterocycles. The summed E-state index contributed by atoms with van der Waals surface area (Å²) in [5.41, 5.74) is 2.53. The fraction of sp³-hybridized carbons (Fsp3) is 0.0455. The van der Waals surface area contributed by atoms with E-state index in [-0.39, 0.29) is 6.61 Å². The molecular weight excluding hydrogens is 397 g/mol. The number of benzene rings is 3. The number of nitrogens with zero attached hydrogens (tertiary/aromatic N) is 1. The zero-order chi connectivity index (χ0) is 19.5. The molecule has 1 aromatic heterocycles. The molecule has 0 bridgehead atoms. The van der Waals surface area contributed by atoms with Crippen LogP contribution < -0.4 is 4.74 Å². The van der Waals surface area contributed by atoms with Crippen LogP contribution in [0.4, 0.5) is 0 Å². The highest BCUT2D eigenvalue weighted by Crippen LogP contribution is 2.37. The fourth-order valence-electron chi connectivity index (χ4n) is 2.87. The SMILES string of the molecule is OCc1c(-c2ccc(Oc3ccccc3)cc2)noc1-c1ccc(Cl)cc1Cl. The van der Waals surface area contributed by atoms with E-state index in [4.69, 9.17) is 32.5 Å². The van der Waals surface area contributed by atoms with Crippen LogP contribution in [-0.4, -0.2) is 10.3 Å². The average Bonchev–Trinajstić information content (AvgIpc) is 3.13. The number of para-hydroxylation sites is 1. The highest BCUT2D eigenvalue weighted by Gasteiger charge is 2.20. The summed E-state index contributed by atoms with van der Waals surface area (Å²) < 4.78 is 11.3. The van der Waals surface area contributed by atoms with Gasteiger partial charge in [0, 0.05) is 16.1 Å². The van der Waals surface area contributed by atoms with Gasteiger partial charge in [0.1, 0.15) is 17.2 Å². The molecule has 0 saturated carbocycles. The summed E-state index contributed by atoms with van der Waals surface area (Å²) in [6.45, 7) is -0.241. The molecule has 1 heterocycles. The Balaban J connectivity index is 1.65. The van der Waals surface area contributed by atoms with Gasteiger partial charge in [-0.1, -0.05) is 46.6 Å². The minimum absolute atomic E-state index is 0.241. The molecule has 1 N–H and O–H groups in total. The predicted molar refractivity (Wildman–Crippen MR) is 110 cm³/mol. The first-order valence-corrected chi connectivity index (χ1v) is 9.29. The number of ether oxygens (including phenoxy) is 1. The van der Waals surface area contributed by atoms with Crippen molar-refractivity contribution in [1.29, 1.82) is 0 Å². The largest absolute Gasteiger partial charge is 0.457 e. The Labute approximate surface area is 171 Å². The minimum Gasteiger partial charge on any atom is -0.457 e. The van der Waals surface area contributed by atoms with Gasteiger partial charge in [0.25, 0.3) is 0 Å². The highest BCUT2D eigenvalue weighted by molar-refractivity contribution is 6.36. The van der Waals surface area contributed by atoms with Crippen molar-refractivity contribution in [3.63, 3.8) is 0 Å². The molecule has 0 aliphatic rings. The summed E-state index contributed by atoms with van der Waals surface area (Å²) in [7, 11) is 0. The van der Waals surface area contributed by atoms with Gasteiger partial charge in [-0.25, -0.2) is 0 Å². The summed E-state index contributed by atoms with van der Waals surface area (Å²) >= 11 is 12.2. The summed E-state index contributed by atoms with van der Waals surface area (Å²) in [5, 5.41) is 15.0. The number of hydrogen-bond donors (Lipinski definition) is 1. The second-order valence-corrected chi connectivity index (χ2v) is 6.90. The van der Waals surface area contributed by atoms with E-state index < -0.39 is 0 Å². The smallest absolute Gasteiger partial charge is 0.174 e. The zero-order valence-corrected chi connectivity index (χ0v) is 16.1. The van der Waals surface area contributed by atoms with Gasteiger partial charge in [0.05, 0.1) is 17.2 Å². The quantitative estimate of drug-likeness (QED) is 0.401. The summed E-state index contributed by atoms with van der Waals surface area (Å²) in [4.78, 5) is 0. The molecule has 0 aliphatic carbocycles. The molecule has 4 nitrogen and oxygen atoms in total. The van der Waals surface area contributed by atoms with Crippen LogP contribution in [0.1, 0.15) is 5.56 Å². The van der Waals surface area contributed by atoms with Crippen molar-refractivity contribution in [2.75, 3.05) is 0 Å². The maximum Gasteiger partial charge on any atom is 0.174 e. The van der Waals surface area contributed by atoms with Gasteiger partial charge < -0.3 is 14.4 Å². The van der Waals surface area contributed by atoms with E-state index >= 15 is 0 Å². The van der Waals surface area contributed by atoms with E-state index in [1.54, 1.807) is 18.2 Å². The van der Waals surface area contributed by atoms with Crippen LogP contribution in [0.5, 0.6) is 11.5 Å². The second kappa shape index (κ2) is 8.07. The van der Waals surface area contributed by atoms with Gasteiger partial charge in [-0.15, -0.1) is 0 Å². The normalized spacial score (nSPS) is 10.8. The number of halogens is 2. The number of hydrogen-bond acceptors (Lipinski definition) is 4. The van der Waals surface area contributed by atoms with Crippen molar-refractivity contribution in [3.8, 4) is 34.1 Å². The Hall–Kier alpha value is -2.79. The molecule has 0 unspecified atom stereocenters. The van der Waals surface area contributed by atoms with E-state index in [1.165, 1.54) is 0 Å². The van der Waals surface area contributed by atoms with Crippen molar-refractivity contribution >= 4 is 23.2 Å². The van der Waals surface area contributed by atoms with Crippen LogP contribution in [0.3, 0.4) is 0 Å². The molecule has 0 aliphatic heterocycles. The summed E-state index contributed by atoms with van der Waals surface area (Å²) in [5.74, 6) is 1.88. The monoisotopic (exact) mass is 411 g/mol. The topological polar surface area (TPSA) is 55.5 Å². The first kappa shape index (κ1) is 18.6. The standard InChI is InChI=1S/C22H15Cl2NO3/c23-15-8-11-18(20(24)12-15)22-19(13-26)21(25-28-22)14-6-9-17(10-7-14)27-16-4-2-1-3-5-16/h1-12,26H,13H2. The first-order valence-electron chi connectivity index (χ1n) is 8.54. The zero-order valence-electron chi connectivity index (χ0n) is 14.6. The van der Waals surface area contributed by atoms with Crippen molar-refractivity contribution in [2.45, 2.75) is 6.61 Å². The predicted octanol–water partition coefficient (Wildman–Crippen LogP) is 6.60. The molecule has 0 spiro atoms. The average molecular weight is 412 g/mol. The van der Waals surface area contributed by atoms with Crippen LogP contribution in [0.15, 0.2) is 77.3 Å². The lowest BCUT2D eigenvalue weighted by atomic mass is 10.0. The Morgan fingerprint density at radius 1 is 0.893 bits per heavy atom. The third-order valence-corrected chi connectivity index (χ3v) is 4.78. The molecule has 0 amide bonds. The molecule has 6 heteroatoms. The lowest BCUT2D eigenvalue weighted by Crippen LogP contribution is -1.90. The maximum absolute atomic E-state index is 9.91. The van der Waals surface area contributed by atoms with E-state index in [9.17, 15) is 5.11 Å². The number of aromatic nitrogens is 1. The molecular formula is C22H15Cl2NO3. The fourth-order valence-corrected chi connectivity index (χ4v) is 3.37. The Morgan fingerprint density at radius 2 is 1.61 bits per heavy atom. The lowest BCUT2D eigenvalue weighted by molar-refractivity contribution is 0.281. The van der Waals surface area contributed by atoms with Crippen molar-refractivity contribution < 1.29 is 14.4 Å². The molecule has 0 atom stereocenters. The van der Waals surface area contributed by atoms with Crippen molar-refractivity contribution in [2.24, 2.45) is 0 Å². The Morgan fingerprint density at radius 3 is 2.29 bits per heavy atom. The van der Waals surface area contributed by atoms with E-state index in [0.29, 0.717) is 38.4 Å². The first-order chi connectivity index (χ1) is 13.7. The van der Waals surface area contributed by atoms with Crippen LogP contribution in [0.2, 0.25) is 10.0 Å². The van der Waals surface area contributed by atoms with Crippen molar-refractivity contribution in [3.05, 3.63) is 88.4 Å². The van der Waals surface area contributed by atoms with E-state index in [2.05, 4.69) is 5.16 Å². The number of aliphatic hydroxyl groups excluding tert-OH is 1. The molecule has 140 valence electrons. The number of aliphatic hydroxyl groups is 1. The van der Waals surface area contributed by atoms with Crippen LogP contribution in [0, 0.1) is 0 Å². The highest BCUT2D eigenvalue weighted by atomic mass is 35.5. The van der Waals surface area contributed by atoms with E-state index in [0.717, 1.165) is 11.3 Å². The van der Waals surface area contributed by atoms with Gasteiger partial charge >= 0.3 is 0 Å². The van der Waals surface area contributed by atoms with Crippen LogP contribution in [0.25, 0.3) is 22.6 Å². The summed E-state index contributed by atoms with van der Waals surface area (Å²) in [6, 6.07) is 22.0. The molecule has 0 radical (unpaired) electrons. The lowest BCUT2D eigenvalue weighted by Gasteiger charge is -2.07. The third kappa shape index (κ3) is 3.76. The van der Waals surface area contributed by atoms with Gasteiger partial charge in [-0.3, -0.25) is 0 Å². The molecule has 4 aromatic rings. The Kier molecular flexibility index (Phi) is 5.35. The molecule has 0 fully saturated rings. The Bertz CT molecular complexity index is 1090. The minimum atomic E-state index is -0.241. The molecule has 3 aromatic carbocycles. The van der Waals surface area contributed by atoms with Crippen LogP contribution >= 0.6 is 23.2 Å². The number of rotatable bonds is 5. The van der Waals surface area contributed by atoms with Crippen molar-refractivity contribution in [1.82, 2.24) is 5.16 Å². The second-order valence-electron chi connectivity index (χ2n) is 6.06. The van der Waals surface area contributed by atoms with E-state index in [1.807, 2.05) is 54.6 Å². The third-order valence-electron chi connectivity index (χ3n) is 4.23. The maximum atomic E-state index is 9.91. The molecule has 4 rings (SSSR count). The van der Waals surface area contributed by atoms with Gasteiger partial charge in [-0.2, -0.15) is 0 Å². The van der Waals surface area contributed by atoms with Gasteiger partial charge in [0.2, 0.25) is 0 Å².